The van der Waals surface area contributed by atoms with Gasteiger partial charge in [0, 0.05) is 12.1 Å². The molecule has 3 aromatic rings. The Bertz CT molecular complexity index is 1020. The van der Waals surface area contributed by atoms with Crippen LogP contribution in [-0.4, -0.2) is 35.5 Å². The molecule has 1 N–H and O–H groups in total. The number of hydrogen-bond donors (Lipinski definition) is 1. The third kappa shape index (κ3) is 5.83. The maximum absolute atomic E-state index is 12.6. The number of carbonyl (C=O) groups is 1. The van der Waals surface area contributed by atoms with Gasteiger partial charge >= 0.3 is 0 Å². The number of fused-ring (bicyclic) bond motifs is 1. The zero-order chi connectivity index (χ0) is 21.8. The molecule has 0 atom stereocenters. The molecule has 2 aromatic carbocycles. The minimum atomic E-state index is -0.155. The number of piperidine rings is 1. The highest BCUT2D eigenvalue weighted by Crippen LogP contribution is 2.28. The van der Waals surface area contributed by atoms with Crippen molar-refractivity contribution in [3.63, 3.8) is 0 Å². The third-order valence-corrected chi connectivity index (χ3v) is 6.59. The van der Waals surface area contributed by atoms with E-state index in [2.05, 4.69) is 54.2 Å². The van der Waals surface area contributed by atoms with Crippen LogP contribution in [0.2, 0.25) is 0 Å². The van der Waals surface area contributed by atoms with Gasteiger partial charge in [-0.15, -0.1) is 0 Å². The van der Waals surface area contributed by atoms with Crippen molar-refractivity contribution in [2.45, 2.75) is 40.2 Å². The number of amides is 1. The quantitative estimate of drug-likeness (QED) is 0.506. The number of anilines is 1. The second-order valence-electron chi connectivity index (χ2n) is 8.96. The van der Waals surface area contributed by atoms with Crippen LogP contribution in [0.5, 0.6) is 5.75 Å². The minimum Gasteiger partial charge on any atom is -0.493 e. The van der Waals surface area contributed by atoms with Gasteiger partial charge in [-0.1, -0.05) is 38.2 Å². The van der Waals surface area contributed by atoms with E-state index in [4.69, 9.17) is 4.74 Å². The predicted octanol–water partition coefficient (Wildman–Crippen LogP) is 5.82. The average molecular weight is 438 g/mol. The van der Waals surface area contributed by atoms with Crippen molar-refractivity contribution in [3.05, 3.63) is 53.6 Å². The molecule has 1 aromatic heterocycles. The third-order valence-electron chi connectivity index (χ3n) is 5.66. The minimum absolute atomic E-state index is 0.155. The normalized spacial score (nSPS) is 15.5. The van der Waals surface area contributed by atoms with Crippen molar-refractivity contribution >= 4 is 32.6 Å². The molecule has 31 heavy (non-hydrogen) atoms. The standard InChI is InChI=1S/C25H31N3O2S/c1-17(2)16-30-21-7-5-20(6-8-21)24(29)27-25-26-22-9-4-19(14-23(22)31-25)15-28-12-10-18(3)11-13-28/h4-9,14,17-18H,10-13,15-16H2,1-3H3,(H,26,27,29). The van der Waals surface area contributed by atoms with Gasteiger partial charge in [-0.2, -0.15) is 0 Å². The number of nitrogens with one attached hydrogen (secondary N) is 1. The van der Waals surface area contributed by atoms with Crippen LogP contribution in [0, 0.1) is 11.8 Å². The Kier molecular flexibility index (Phi) is 6.88. The number of carbonyl (C=O) groups excluding carboxylic acids is 1. The van der Waals surface area contributed by atoms with Crippen molar-refractivity contribution in [1.82, 2.24) is 9.88 Å². The van der Waals surface area contributed by atoms with Gasteiger partial charge in [-0.3, -0.25) is 15.0 Å². The maximum Gasteiger partial charge on any atom is 0.257 e. The molecule has 0 unspecified atom stereocenters. The summed E-state index contributed by atoms with van der Waals surface area (Å²) in [7, 11) is 0. The Morgan fingerprint density at radius 2 is 1.94 bits per heavy atom. The Labute approximate surface area is 188 Å². The lowest BCUT2D eigenvalue weighted by Gasteiger charge is -2.30. The summed E-state index contributed by atoms with van der Waals surface area (Å²) < 4.78 is 6.79. The molecule has 1 amide bonds. The first-order chi connectivity index (χ1) is 15.0. The van der Waals surface area contributed by atoms with Crippen LogP contribution in [0.25, 0.3) is 10.2 Å². The molecule has 1 fully saturated rings. The maximum atomic E-state index is 12.6. The van der Waals surface area contributed by atoms with E-state index in [1.165, 1.54) is 42.8 Å². The number of benzene rings is 2. The highest BCUT2D eigenvalue weighted by atomic mass is 32.1. The fourth-order valence-corrected chi connectivity index (χ4v) is 4.66. The summed E-state index contributed by atoms with van der Waals surface area (Å²) in [6, 6.07) is 13.7. The molecule has 1 saturated heterocycles. The van der Waals surface area contributed by atoms with Gasteiger partial charge in [-0.05, 0) is 79.7 Å². The molecule has 1 aliphatic rings. The van der Waals surface area contributed by atoms with Crippen molar-refractivity contribution in [2.24, 2.45) is 11.8 Å². The molecule has 4 rings (SSSR count). The van der Waals surface area contributed by atoms with E-state index in [0.29, 0.717) is 23.2 Å². The molecule has 6 heteroatoms. The molecular formula is C25H31N3O2S. The Morgan fingerprint density at radius 3 is 2.65 bits per heavy atom. The SMILES string of the molecule is CC(C)COc1ccc(C(=O)Nc2nc3ccc(CN4CCC(C)CC4)cc3s2)cc1. The Balaban J connectivity index is 1.38. The van der Waals surface area contributed by atoms with Gasteiger partial charge in [0.25, 0.3) is 5.91 Å². The fourth-order valence-electron chi connectivity index (χ4n) is 3.73. The number of hydrogen-bond acceptors (Lipinski definition) is 5. The zero-order valence-corrected chi connectivity index (χ0v) is 19.4. The van der Waals surface area contributed by atoms with Crippen molar-refractivity contribution in [2.75, 3.05) is 25.0 Å². The van der Waals surface area contributed by atoms with Gasteiger partial charge in [0.2, 0.25) is 0 Å². The molecule has 0 saturated carbocycles. The largest absolute Gasteiger partial charge is 0.493 e. The topological polar surface area (TPSA) is 54.5 Å². The molecule has 0 spiro atoms. The van der Waals surface area contributed by atoms with Gasteiger partial charge in [0.05, 0.1) is 16.8 Å². The molecule has 1 aliphatic heterocycles. The summed E-state index contributed by atoms with van der Waals surface area (Å²) in [6.07, 6.45) is 2.56. The monoisotopic (exact) mass is 437 g/mol. The van der Waals surface area contributed by atoms with Gasteiger partial charge in [-0.25, -0.2) is 4.98 Å². The van der Waals surface area contributed by atoms with E-state index in [1.54, 1.807) is 12.1 Å². The number of ether oxygens (including phenoxy) is 1. The van der Waals surface area contributed by atoms with Crippen LogP contribution in [0.4, 0.5) is 5.13 Å². The van der Waals surface area contributed by atoms with Crippen molar-refractivity contribution in [3.8, 4) is 5.75 Å². The van der Waals surface area contributed by atoms with Crippen LogP contribution in [0.15, 0.2) is 42.5 Å². The second-order valence-corrected chi connectivity index (χ2v) is 9.99. The van der Waals surface area contributed by atoms with Crippen LogP contribution in [0.3, 0.4) is 0 Å². The molecule has 164 valence electrons. The lowest BCUT2D eigenvalue weighted by molar-refractivity contribution is 0.102. The van der Waals surface area contributed by atoms with E-state index in [1.807, 2.05) is 12.1 Å². The first kappa shape index (κ1) is 21.8. The molecule has 0 aliphatic carbocycles. The predicted molar refractivity (Wildman–Crippen MR) is 128 cm³/mol. The highest BCUT2D eigenvalue weighted by Gasteiger charge is 2.16. The van der Waals surface area contributed by atoms with Crippen molar-refractivity contribution in [1.29, 1.82) is 0 Å². The Morgan fingerprint density at radius 1 is 1.19 bits per heavy atom. The summed E-state index contributed by atoms with van der Waals surface area (Å²) in [5, 5.41) is 3.57. The summed E-state index contributed by atoms with van der Waals surface area (Å²) >= 11 is 1.53. The van der Waals surface area contributed by atoms with Crippen LogP contribution in [-0.2, 0) is 6.54 Å². The number of rotatable bonds is 7. The average Bonchev–Trinajstić information content (AvgIpc) is 3.15. The number of aromatic nitrogens is 1. The van der Waals surface area contributed by atoms with Crippen molar-refractivity contribution < 1.29 is 9.53 Å². The summed E-state index contributed by atoms with van der Waals surface area (Å²) in [4.78, 5) is 19.8. The van der Waals surface area contributed by atoms with Gasteiger partial charge in [0.15, 0.2) is 5.13 Å². The summed E-state index contributed by atoms with van der Waals surface area (Å²) in [6.45, 7) is 10.5. The van der Waals surface area contributed by atoms with Crippen LogP contribution < -0.4 is 10.1 Å². The first-order valence-electron chi connectivity index (χ1n) is 11.1. The molecule has 0 radical (unpaired) electrons. The molecule has 0 bridgehead atoms. The first-order valence-corrected chi connectivity index (χ1v) is 11.9. The van der Waals surface area contributed by atoms with Crippen LogP contribution >= 0.6 is 11.3 Å². The van der Waals surface area contributed by atoms with Gasteiger partial charge < -0.3 is 4.74 Å². The molecule has 5 nitrogen and oxygen atoms in total. The van der Waals surface area contributed by atoms with E-state index in [-0.39, 0.29) is 5.91 Å². The number of nitrogens with zero attached hydrogens (tertiary/aromatic N) is 2. The summed E-state index contributed by atoms with van der Waals surface area (Å²) in [5.41, 5.74) is 2.82. The lowest BCUT2D eigenvalue weighted by Crippen LogP contribution is -2.32. The van der Waals surface area contributed by atoms with E-state index in [0.717, 1.165) is 28.4 Å². The van der Waals surface area contributed by atoms with E-state index >= 15 is 0 Å². The second kappa shape index (κ2) is 9.79. The highest BCUT2D eigenvalue weighted by molar-refractivity contribution is 7.22. The smallest absolute Gasteiger partial charge is 0.257 e. The molecular weight excluding hydrogens is 406 g/mol. The van der Waals surface area contributed by atoms with E-state index in [9.17, 15) is 4.79 Å². The van der Waals surface area contributed by atoms with Crippen LogP contribution in [0.1, 0.15) is 49.5 Å². The molecule has 2 heterocycles. The Hall–Kier alpha value is -2.44. The zero-order valence-electron chi connectivity index (χ0n) is 18.6. The number of thiazole rings is 1. The summed E-state index contributed by atoms with van der Waals surface area (Å²) in [5.74, 6) is 1.93. The van der Waals surface area contributed by atoms with Gasteiger partial charge in [0.1, 0.15) is 5.75 Å². The van der Waals surface area contributed by atoms with E-state index < -0.39 is 0 Å². The lowest BCUT2D eigenvalue weighted by atomic mass is 9.99. The fraction of sp³-hybridized carbons (Fsp3) is 0.440. The number of likely N-dealkylation sites (tertiary alicyclic amines) is 1.